The molecule has 1 aromatic rings. The van der Waals surface area contributed by atoms with E-state index in [4.69, 9.17) is 14.6 Å². The Kier molecular flexibility index (Phi) is 23.5. The van der Waals surface area contributed by atoms with E-state index in [0.717, 1.165) is 19.3 Å². The molecule has 3 rings (SSSR count). The molecule has 1 saturated carbocycles. The third-order valence-corrected chi connectivity index (χ3v) is 12.3. The summed E-state index contributed by atoms with van der Waals surface area (Å²) in [7, 11) is 0. The Balaban J connectivity index is 2.01. The first-order chi connectivity index (χ1) is 34.1. The van der Waals surface area contributed by atoms with Crippen molar-refractivity contribution in [1.29, 1.82) is 0 Å². The molecule has 2 aliphatic rings. The van der Waals surface area contributed by atoms with Gasteiger partial charge in [0.05, 0.1) is 12.1 Å². The van der Waals surface area contributed by atoms with Gasteiger partial charge in [0.15, 0.2) is 0 Å². The first-order valence-corrected chi connectivity index (χ1v) is 25.5. The van der Waals surface area contributed by atoms with E-state index < -0.39 is 137 Å². The van der Waals surface area contributed by atoms with Crippen LogP contribution in [0.15, 0.2) is 30.3 Å². The van der Waals surface area contributed by atoms with Gasteiger partial charge in [0, 0.05) is 19.8 Å². The first kappa shape index (κ1) is 60.9. The number of benzene rings is 1. The molecule has 1 heterocycles. The third kappa shape index (κ3) is 20.2. The predicted molar refractivity (Wildman–Crippen MR) is 267 cm³/mol. The molecule has 1 saturated heterocycles. The average Bonchev–Trinajstić information content (AvgIpc) is 3.76. The van der Waals surface area contributed by atoms with Crippen LogP contribution in [0.4, 0.5) is 0 Å². The fourth-order valence-corrected chi connectivity index (χ4v) is 9.01. The number of esters is 2. The van der Waals surface area contributed by atoms with Crippen molar-refractivity contribution in [2.24, 2.45) is 11.8 Å². The highest BCUT2D eigenvalue weighted by Crippen LogP contribution is 2.39. The van der Waals surface area contributed by atoms with Crippen LogP contribution in [0.1, 0.15) is 164 Å². The largest absolute Gasteiger partial charge is 0.480 e. The molecule has 1 aromatic carbocycles. The number of hydrogen-bond donors (Lipinski definition) is 7. The number of nitrogens with one attached hydrogen (secondary N) is 6. The molecular formula is C52H79N7O14. The van der Waals surface area contributed by atoms with Crippen LogP contribution in [-0.2, 0) is 62.2 Å². The Morgan fingerprint density at radius 3 is 1.73 bits per heavy atom. The lowest BCUT2D eigenvalue weighted by molar-refractivity contribution is -0.156. The van der Waals surface area contributed by atoms with E-state index in [1.54, 1.807) is 80.5 Å². The lowest BCUT2D eigenvalue weighted by atomic mass is 9.82. The van der Waals surface area contributed by atoms with E-state index in [1.807, 2.05) is 17.4 Å². The summed E-state index contributed by atoms with van der Waals surface area (Å²) in [4.78, 5) is 149. The van der Waals surface area contributed by atoms with Gasteiger partial charge in [0.2, 0.25) is 41.2 Å². The van der Waals surface area contributed by atoms with Crippen molar-refractivity contribution in [3.8, 4) is 0 Å². The molecule has 2 fully saturated rings. The smallest absolute Gasteiger partial charge is 0.322 e. The topological polar surface area (TPSA) is 302 Å². The molecule has 0 bridgehead atoms. The Bertz CT molecular complexity index is 2130. The van der Waals surface area contributed by atoms with Gasteiger partial charge in [-0.05, 0) is 104 Å². The summed E-state index contributed by atoms with van der Waals surface area (Å²) in [6.45, 7) is 15.5. The summed E-state index contributed by atoms with van der Waals surface area (Å²) in [6, 6.07) is 0.606. The van der Waals surface area contributed by atoms with Crippen molar-refractivity contribution in [2.75, 3.05) is 6.54 Å². The highest BCUT2D eigenvalue weighted by molar-refractivity contribution is 6.38. The quantitative estimate of drug-likeness (QED) is 0.0547. The summed E-state index contributed by atoms with van der Waals surface area (Å²) in [5, 5.41) is 24.5. The molecule has 7 N–H and O–H groups in total. The number of ether oxygens (including phenoxy) is 2. The van der Waals surface area contributed by atoms with Gasteiger partial charge in [-0.2, -0.15) is 0 Å². The monoisotopic (exact) mass is 1030 g/mol. The van der Waals surface area contributed by atoms with Crippen LogP contribution in [0.5, 0.6) is 0 Å². The molecule has 7 amide bonds. The van der Waals surface area contributed by atoms with Crippen molar-refractivity contribution < 1.29 is 67.3 Å². The number of carbonyl (C=O) groups is 11. The number of nitrogens with zero attached hydrogens (tertiary/aromatic N) is 1. The summed E-state index contributed by atoms with van der Waals surface area (Å²) in [5.74, 6) is -10.2. The summed E-state index contributed by atoms with van der Waals surface area (Å²) >= 11 is 0. The number of carboxylic acid groups (broad SMARTS) is 1. The van der Waals surface area contributed by atoms with E-state index in [2.05, 4.69) is 26.6 Å². The van der Waals surface area contributed by atoms with Crippen LogP contribution >= 0.6 is 0 Å². The van der Waals surface area contributed by atoms with Gasteiger partial charge in [-0.25, -0.2) is 0 Å². The molecule has 1 aliphatic heterocycles. The molecule has 0 aromatic heterocycles. The molecule has 7 unspecified atom stereocenters. The number of aliphatic carboxylic acids is 1. The van der Waals surface area contributed by atoms with E-state index in [-0.39, 0.29) is 38.5 Å². The van der Waals surface area contributed by atoms with Crippen LogP contribution < -0.4 is 31.9 Å². The molecule has 73 heavy (non-hydrogen) atoms. The van der Waals surface area contributed by atoms with Crippen LogP contribution in [-0.4, -0.2) is 129 Å². The van der Waals surface area contributed by atoms with Gasteiger partial charge in [0.25, 0.3) is 5.91 Å². The number of Topliss-reactive ketones (excluding diaryl/α,β-unsaturated/α-hetero) is 1. The minimum atomic E-state index is -1.47. The Hall–Kier alpha value is -6.41. The lowest BCUT2D eigenvalue weighted by Gasteiger charge is -2.38. The maximum absolute atomic E-state index is 15.4. The summed E-state index contributed by atoms with van der Waals surface area (Å²) in [5.41, 5.74) is -0.973. The van der Waals surface area contributed by atoms with E-state index >= 15 is 4.79 Å². The van der Waals surface area contributed by atoms with Crippen LogP contribution in [0.25, 0.3) is 0 Å². The molecular weight excluding hydrogens is 947 g/mol. The number of ketones is 1. The van der Waals surface area contributed by atoms with E-state index in [9.17, 15) is 47.9 Å². The van der Waals surface area contributed by atoms with Crippen molar-refractivity contribution in [3.63, 3.8) is 0 Å². The zero-order valence-corrected chi connectivity index (χ0v) is 44.2. The second-order valence-electron chi connectivity index (χ2n) is 21.2. The van der Waals surface area contributed by atoms with Crippen LogP contribution in [0, 0.1) is 11.8 Å². The second-order valence-corrected chi connectivity index (χ2v) is 21.2. The second kappa shape index (κ2) is 28.2. The minimum absolute atomic E-state index is 0.0481. The normalized spacial score (nSPS) is 18.2. The molecule has 21 nitrogen and oxygen atoms in total. The number of carbonyl (C=O) groups excluding carboxylic acids is 10. The molecule has 406 valence electrons. The maximum Gasteiger partial charge on any atom is 0.322 e. The van der Waals surface area contributed by atoms with Crippen molar-refractivity contribution in [3.05, 3.63) is 35.9 Å². The number of carboxylic acids is 1. The van der Waals surface area contributed by atoms with Gasteiger partial charge >= 0.3 is 17.9 Å². The highest BCUT2D eigenvalue weighted by atomic mass is 16.6. The Morgan fingerprint density at radius 2 is 1.22 bits per heavy atom. The first-order valence-electron chi connectivity index (χ1n) is 25.5. The minimum Gasteiger partial charge on any atom is -0.480 e. The molecule has 0 radical (unpaired) electrons. The zero-order chi connectivity index (χ0) is 54.8. The molecule has 0 spiro atoms. The highest BCUT2D eigenvalue weighted by Gasteiger charge is 2.47. The predicted octanol–water partition coefficient (Wildman–Crippen LogP) is 3.21. The number of likely N-dealkylation sites (tertiary alicyclic amines) is 1. The van der Waals surface area contributed by atoms with Gasteiger partial charge in [-0.1, -0.05) is 76.8 Å². The number of hydrogen-bond acceptors (Lipinski definition) is 13. The Morgan fingerprint density at radius 1 is 0.671 bits per heavy atom. The fourth-order valence-electron chi connectivity index (χ4n) is 9.01. The number of amides is 7. The lowest BCUT2D eigenvalue weighted by Crippen LogP contribution is -2.62. The van der Waals surface area contributed by atoms with Gasteiger partial charge in [0.1, 0.15) is 48.0 Å². The van der Waals surface area contributed by atoms with Crippen LogP contribution in [0.2, 0.25) is 0 Å². The fraction of sp³-hybridized carbons (Fsp3) is 0.673. The van der Waals surface area contributed by atoms with Gasteiger partial charge in [-0.3, -0.25) is 52.7 Å². The van der Waals surface area contributed by atoms with Gasteiger partial charge in [-0.15, -0.1) is 0 Å². The van der Waals surface area contributed by atoms with Crippen LogP contribution in [0.3, 0.4) is 0 Å². The van der Waals surface area contributed by atoms with E-state index in [0.29, 0.717) is 31.2 Å². The van der Waals surface area contributed by atoms with Crippen molar-refractivity contribution in [2.45, 2.75) is 206 Å². The third-order valence-electron chi connectivity index (χ3n) is 12.3. The average molecular weight is 1030 g/mol. The molecule has 1 aliphatic carbocycles. The standard InChI is InChI=1S/C52H79N7O14/c1-11-18-34(44(65)49(70)53-29-39(61)62)55-47(68)38-26-25-37(32-19-14-12-15-20-32)59(38)50(71)43(33-21-16-13-17-22-33)58-48(69)42(30(2)3)57-46(67)36(24-28-41(64)73-52(8,9)10)56-45(66)35(54-31(4)60)23-27-40(63)72-51(5,6)7/h12,14-15,19-20,30,33-38,42-43H,11,13,16-18,21-29H2,1-10H3,(H,53,70)(H,54,60)(H,55,68)(H,56,66)(H,57,67)(H,58,69)(H,61,62). The van der Waals surface area contributed by atoms with Crippen molar-refractivity contribution in [1.82, 2.24) is 36.8 Å². The summed E-state index contributed by atoms with van der Waals surface area (Å²) in [6.07, 6.45) is 3.32. The zero-order valence-electron chi connectivity index (χ0n) is 44.2. The van der Waals surface area contributed by atoms with E-state index in [1.165, 1.54) is 11.8 Å². The molecule has 21 heteroatoms. The SMILES string of the molecule is CCCC(NC(=O)C1CCC(c2ccccc2)N1C(=O)C(NC(=O)C(NC(=O)C(CCC(=O)OC(C)(C)C)NC(=O)C(CCC(=O)OC(C)(C)C)NC(C)=O)C(C)C)C1CCCCC1)C(=O)C(=O)NCC(=O)O. The Labute approximate surface area is 428 Å². The van der Waals surface area contributed by atoms with Gasteiger partial charge < -0.3 is 51.4 Å². The molecule has 7 atom stereocenters. The summed E-state index contributed by atoms with van der Waals surface area (Å²) < 4.78 is 10.8. The maximum atomic E-state index is 15.4. The van der Waals surface area contributed by atoms with Crippen molar-refractivity contribution >= 4 is 65.0 Å². The number of rotatable bonds is 25.